The molecular weight excluding hydrogens is 550 g/mol. The molecule has 3 N–H and O–H groups in total. The summed E-state index contributed by atoms with van der Waals surface area (Å²) >= 11 is 9.62. The number of aliphatic hydroxyl groups is 1. The fourth-order valence-corrected chi connectivity index (χ4v) is 5.80. The molecule has 3 atom stereocenters. The van der Waals surface area contributed by atoms with Gasteiger partial charge in [0.05, 0.1) is 5.60 Å². The number of pyridine rings is 1. The number of rotatable bonds is 5. The van der Waals surface area contributed by atoms with Gasteiger partial charge in [-0.1, -0.05) is 45.7 Å². The van der Waals surface area contributed by atoms with Crippen molar-refractivity contribution in [3.05, 3.63) is 115 Å². The minimum atomic E-state index is -1.30. The average Bonchev–Trinajstić information content (AvgIpc) is 2.83. The molecule has 0 aliphatic carbocycles. The van der Waals surface area contributed by atoms with Gasteiger partial charge in [0.15, 0.2) is 0 Å². The predicted octanol–water partition coefficient (Wildman–Crippen LogP) is 6.08. The third-order valence-electron chi connectivity index (χ3n) is 6.96. The highest BCUT2D eigenvalue weighted by molar-refractivity contribution is 9.10. The molecule has 1 saturated heterocycles. The zero-order valence-electron chi connectivity index (χ0n) is 19.2. The van der Waals surface area contributed by atoms with Crippen LogP contribution < -0.4 is 10.9 Å². The number of aromatic amines is 1. The summed E-state index contributed by atoms with van der Waals surface area (Å²) in [7, 11) is 0. The Morgan fingerprint density at radius 2 is 1.86 bits per heavy atom. The Morgan fingerprint density at radius 3 is 2.61 bits per heavy atom. The summed E-state index contributed by atoms with van der Waals surface area (Å²) in [4.78, 5) is 16.3. The SMILES string of the molecule is O=c1[nH]c2ccc(Br)cc2cc1C(c1ccc(Cl)cc1)C1(O)CCNC(Cc2ccc(F)cc2F)C1. The summed E-state index contributed by atoms with van der Waals surface area (Å²) in [6.07, 6.45) is 0.939. The Labute approximate surface area is 220 Å². The molecule has 36 heavy (non-hydrogen) atoms. The molecule has 4 aromatic rings. The summed E-state index contributed by atoms with van der Waals surface area (Å²) in [5.41, 5.74) is 0.693. The zero-order chi connectivity index (χ0) is 25.4. The van der Waals surface area contributed by atoms with Crippen LogP contribution in [0.4, 0.5) is 8.78 Å². The minimum absolute atomic E-state index is 0.271. The highest BCUT2D eigenvalue weighted by Gasteiger charge is 2.44. The van der Waals surface area contributed by atoms with E-state index in [1.165, 1.54) is 12.1 Å². The molecule has 3 aromatic carbocycles. The second kappa shape index (κ2) is 10.1. The Hall–Kier alpha value is -2.58. The number of aromatic nitrogens is 1. The first kappa shape index (κ1) is 25.1. The first-order valence-electron chi connectivity index (χ1n) is 11.7. The topological polar surface area (TPSA) is 65.1 Å². The molecule has 186 valence electrons. The van der Waals surface area contributed by atoms with Crippen LogP contribution in [0.2, 0.25) is 5.02 Å². The van der Waals surface area contributed by atoms with Crippen molar-refractivity contribution >= 4 is 38.4 Å². The van der Waals surface area contributed by atoms with Gasteiger partial charge in [-0.25, -0.2) is 8.78 Å². The lowest BCUT2D eigenvalue weighted by molar-refractivity contribution is -0.0189. The fourth-order valence-electron chi connectivity index (χ4n) is 5.30. The Kier molecular flexibility index (Phi) is 7.01. The van der Waals surface area contributed by atoms with Gasteiger partial charge in [0.1, 0.15) is 11.6 Å². The van der Waals surface area contributed by atoms with Gasteiger partial charge < -0.3 is 15.4 Å². The van der Waals surface area contributed by atoms with E-state index in [0.29, 0.717) is 34.6 Å². The lowest BCUT2D eigenvalue weighted by atomic mass is 9.70. The average molecular weight is 574 g/mol. The van der Waals surface area contributed by atoms with Gasteiger partial charge in [0, 0.05) is 38.6 Å². The molecule has 0 radical (unpaired) electrons. The van der Waals surface area contributed by atoms with Gasteiger partial charge in [-0.15, -0.1) is 0 Å². The zero-order valence-corrected chi connectivity index (χ0v) is 21.5. The third-order valence-corrected chi connectivity index (χ3v) is 7.70. The molecule has 3 unspecified atom stereocenters. The van der Waals surface area contributed by atoms with Crippen LogP contribution in [0.25, 0.3) is 10.9 Å². The van der Waals surface area contributed by atoms with E-state index in [2.05, 4.69) is 26.2 Å². The number of halogens is 4. The lowest BCUT2D eigenvalue weighted by Crippen LogP contribution is -2.52. The van der Waals surface area contributed by atoms with Gasteiger partial charge in [-0.2, -0.15) is 0 Å². The van der Waals surface area contributed by atoms with E-state index < -0.39 is 23.2 Å². The number of nitrogens with one attached hydrogen (secondary N) is 2. The summed E-state index contributed by atoms with van der Waals surface area (Å²) in [5.74, 6) is -1.89. The second-order valence-corrected chi connectivity index (χ2v) is 10.8. The lowest BCUT2D eigenvalue weighted by Gasteiger charge is -2.43. The van der Waals surface area contributed by atoms with E-state index in [9.17, 15) is 18.7 Å². The molecule has 0 amide bonds. The maximum Gasteiger partial charge on any atom is 0.252 e. The van der Waals surface area contributed by atoms with E-state index in [-0.39, 0.29) is 24.4 Å². The predicted molar refractivity (Wildman–Crippen MR) is 142 cm³/mol. The first-order chi connectivity index (χ1) is 17.2. The molecule has 1 fully saturated rings. The molecule has 1 aliphatic rings. The van der Waals surface area contributed by atoms with E-state index >= 15 is 0 Å². The van der Waals surface area contributed by atoms with Crippen molar-refractivity contribution in [2.24, 2.45) is 0 Å². The van der Waals surface area contributed by atoms with Crippen molar-refractivity contribution in [3.8, 4) is 0 Å². The number of benzene rings is 3. The standard InChI is InChI=1S/C28H24BrClF2N2O2/c29-19-4-8-25-18(11-19)13-23(27(35)34-25)26(16-1-5-20(30)6-2-16)28(36)9-10-33-22(15-28)12-17-3-7-21(31)14-24(17)32/h1-8,11,13-14,22,26,33,36H,9-10,12,15H2,(H,34,35). The number of piperidine rings is 1. The molecule has 1 aromatic heterocycles. The van der Waals surface area contributed by atoms with Crippen LogP contribution in [0.15, 0.2) is 76.0 Å². The summed E-state index contributed by atoms with van der Waals surface area (Å²) in [6, 6.07) is 17.8. The highest BCUT2D eigenvalue weighted by Crippen LogP contribution is 2.41. The monoisotopic (exact) mass is 572 g/mol. The summed E-state index contributed by atoms with van der Waals surface area (Å²) in [5, 5.41) is 16.9. The summed E-state index contributed by atoms with van der Waals surface area (Å²) in [6.45, 7) is 0.477. The van der Waals surface area contributed by atoms with Gasteiger partial charge in [-0.3, -0.25) is 4.79 Å². The van der Waals surface area contributed by atoms with Crippen molar-refractivity contribution < 1.29 is 13.9 Å². The Morgan fingerprint density at radius 1 is 1.08 bits per heavy atom. The van der Waals surface area contributed by atoms with E-state index in [0.717, 1.165) is 21.5 Å². The molecule has 1 aliphatic heterocycles. The van der Waals surface area contributed by atoms with Crippen LogP contribution >= 0.6 is 27.5 Å². The van der Waals surface area contributed by atoms with Gasteiger partial charge >= 0.3 is 0 Å². The van der Waals surface area contributed by atoms with Gasteiger partial charge in [0.25, 0.3) is 5.56 Å². The fraction of sp³-hybridized carbons (Fsp3) is 0.250. The maximum atomic E-state index is 14.4. The van der Waals surface area contributed by atoms with Crippen LogP contribution in [0.1, 0.15) is 35.4 Å². The van der Waals surface area contributed by atoms with E-state index in [4.69, 9.17) is 11.6 Å². The normalized spacial score (nSPS) is 21.0. The van der Waals surface area contributed by atoms with Crippen molar-refractivity contribution in [2.45, 2.75) is 36.8 Å². The molecule has 0 bridgehead atoms. The smallest absolute Gasteiger partial charge is 0.252 e. The molecule has 4 nitrogen and oxygen atoms in total. The molecule has 2 heterocycles. The quantitative estimate of drug-likeness (QED) is 0.271. The van der Waals surface area contributed by atoms with E-state index in [1.54, 1.807) is 12.1 Å². The number of H-pyrrole nitrogens is 1. The first-order valence-corrected chi connectivity index (χ1v) is 12.9. The molecule has 8 heteroatoms. The molecule has 5 rings (SSSR count). The summed E-state index contributed by atoms with van der Waals surface area (Å²) < 4.78 is 28.6. The molecule has 0 saturated carbocycles. The molecule has 0 spiro atoms. The van der Waals surface area contributed by atoms with Crippen LogP contribution in [0.5, 0.6) is 0 Å². The largest absolute Gasteiger partial charge is 0.389 e. The second-order valence-electron chi connectivity index (χ2n) is 9.42. The van der Waals surface area contributed by atoms with Crippen molar-refractivity contribution in [1.82, 2.24) is 10.3 Å². The number of hydrogen-bond donors (Lipinski definition) is 3. The highest BCUT2D eigenvalue weighted by atomic mass is 79.9. The van der Waals surface area contributed by atoms with E-state index in [1.807, 2.05) is 36.4 Å². The van der Waals surface area contributed by atoms with Crippen molar-refractivity contribution in [2.75, 3.05) is 6.54 Å². The number of fused-ring (bicyclic) bond motifs is 1. The Bertz CT molecular complexity index is 1480. The third kappa shape index (κ3) is 5.11. The maximum absolute atomic E-state index is 14.4. The van der Waals surface area contributed by atoms with Crippen LogP contribution in [-0.2, 0) is 6.42 Å². The van der Waals surface area contributed by atoms with Crippen molar-refractivity contribution in [3.63, 3.8) is 0 Å². The van der Waals surface area contributed by atoms with Crippen LogP contribution in [0, 0.1) is 11.6 Å². The van der Waals surface area contributed by atoms with Gasteiger partial charge in [-0.05, 0) is 84.8 Å². The van der Waals surface area contributed by atoms with Crippen LogP contribution in [-0.4, -0.2) is 28.3 Å². The van der Waals surface area contributed by atoms with Crippen LogP contribution in [0.3, 0.4) is 0 Å². The Balaban J connectivity index is 1.57. The van der Waals surface area contributed by atoms with Gasteiger partial charge in [0.2, 0.25) is 0 Å². The minimum Gasteiger partial charge on any atom is -0.389 e. The molecular formula is C28H24BrClF2N2O2. The number of hydrogen-bond acceptors (Lipinski definition) is 3. The van der Waals surface area contributed by atoms with Crippen molar-refractivity contribution in [1.29, 1.82) is 0 Å².